The second-order valence-electron chi connectivity index (χ2n) is 4.92. The van der Waals surface area contributed by atoms with Crippen molar-refractivity contribution >= 4 is 23.3 Å². The third-order valence-electron chi connectivity index (χ3n) is 3.30. The molecule has 0 spiro atoms. The Morgan fingerprint density at radius 2 is 1.96 bits per heavy atom. The summed E-state index contributed by atoms with van der Waals surface area (Å²) in [5.41, 5.74) is -0.376. The minimum absolute atomic E-state index is 0.306. The lowest BCUT2D eigenvalue weighted by atomic mass is 10.0. The van der Waals surface area contributed by atoms with Crippen LogP contribution in [0.25, 0.3) is 0 Å². The lowest BCUT2D eigenvalue weighted by Gasteiger charge is -2.12. The van der Waals surface area contributed by atoms with E-state index in [1.807, 2.05) is 6.92 Å². The van der Waals surface area contributed by atoms with Gasteiger partial charge in [-0.2, -0.15) is 0 Å². The highest BCUT2D eigenvalue weighted by atomic mass is 16.6. The van der Waals surface area contributed by atoms with E-state index in [0.717, 1.165) is 11.6 Å². The molecule has 0 aromatic heterocycles. The zero-order valence-corrected chi connectivity index (χ0v) is 12.9. The predicted molar refractivity (Wildman–Crippen MR) is 85.7 cm³/mol. The molecule has 0 heterocycles. The van der Waals surface area contributed by atoms with Crippen LogP contribution in [-0.4, -0.2) is 29.0 Å². The average molecular weight is 330 g/mol. The highest BCUT2D eigenvalue weighted by Gasteiger charge is 2.27. The van der Waals surface area contributed by atoms with Crippen LogP contribution in [0.4, 0.5) is 11.4 Å². The van der Waals surface area contributed by atoms with Crippen LogP contribution in [0.5, 0.6) is 5.75 Å². The van der Waals surface area contributed by atoms with Crippen molar-refractivity contribution in [3.63, 3.8) is 0 Å². The molecule has 24 heavy (non-hydrogen) atoms. The van der Waals surface area contributed by atoms with E-state index in [2.05, 4.69) is 5.32 Å². The molecule has 0 radical (unpaired) electrons. The monoisotopic (exact) mass is 330 g/mol. The van der Waals surface area contributed by atoms with Gasteiger partial charge in [-0.3, -0.25) is 14.9 Å². The van der Waals surface area contributed by atoms with Crippen molar-refractivity contribution in [3.8, 4) is 5.75 Å². The van der Waals surface area contributed by atoms with Crippen molar-refractivity contribution in [1.82, 2.24) is 0 Å². The van der Waals surface area contributed by atoms with Crippen molar-refractivity contribution in [2.75, 3.05) is 12.4 Å². The number of rotatable bonds is 5. The molecule has 0 fully saturated rings. The number of amides is 1. The topological polar surface area (TPSA) is 119 Å². The Morgan fingerprint density at radius 3 is 2.54 bits per heavy atom. The number of carboxylic acid groups (broad SMARTS) is 1. The summed E-state index contributed by atoms with van der Waals surface area (Å²) in [6.45, 7) is 1.84. The summed E-state index contributed by atoms with van der Waals surface area (Å²) in [6, 6.07) is 8.54. The fourth-order valence-electron chi connectivity index (χ4n) is 2.20. The van der Waals surface area contributed by atoms with Gasteiger partial charge in [-0.05, 0) is 30.7 Å². The number of nitrogens with zero attached hydrogens (tertiary/aromatic N) is 1. The minimum Gasteiger partial charge on any atom is -0.495 e. The third kappa shape index (κ3) is 3.32. The number of nitro groups is 1. The molecule has 2 rings (SSSR count). The van der Waals surface area contributed by atoms with Crippen molar-refractivity contribution in [2.45, 2.75) is 6.92 Å². The molecule has 0 aliphatic rings. The van der Waals surface area contributed by atoms with E-state index in [1.54, 1.807) is 18.2 Å². The van der Waals surface area contributed by atoms with Gasteiger partial charge in [0, 0.05) is 6.07 Å². The van der Waals surface area contributed by atoms with Gasteiger partial charge in [0.25, 0.3) is 11.6 Å². The Balaban J connectivity index is 2.46. The van der Waals surface area contributed by atoms with Crippen molar-refractivity contribution in [1.29, 1.82) is 0 Å². The number of benzene rings is 2. The number of aromatic carboxylic acids is 1. The van der Waals surface area contributed by atoms with Gasteiger partial charge in [0.15, 0.2) is 0 Å². The largest absolute Gasteiger partial charge is 0.495 e. The number of carbonyl (C=O) groups excluding carboxylic acids is 1. The number of carboxylic acids is 1. The summed E-state index contributed by atoms with van der Waals surface area (Å²) in [7, 11) is 1.43. The van der Waals surface area contributed by atoms with Crippen molar-refractivity contribution < 1.29 is 24.4 Å². The van der Waals surface area contributed by atoms with Crippen LogP contribution >= 0.6 is 0 Å². The number of nitrogens with one attached hydrogen (secondary N) is 1. The molecule has 0 aliphatic carbocycles. The van der Waals surface area contributed by atoms with Crippen molar-refractivity contribution in [3.05, 3.63) is 63.2 Å². The number of hydrogen-bond acceptors (Lipinski definition) is 5. The fourth-order valence-corrected chi connectivity index (χ4v) is 2.20. The number of carbonyl (C=O) groups is 2. The number of ether oxygens (including phenoxy) is 1. The SMILES string of the molecule is COc1cc(C)ccc1NC(=O)c1cccc([N+](=O)[O-])c1C(=O)O. The summed E-state index contributed by atoms with van der Waals surface area (Å²) in [6.07, 6.45) is 0. The maximum absolute atomic E-state index is 12.4. The summed E-state index contributed by atoms with van der Waals surface area (Å²) < 4.78 is 5.16. The van der Waals surface area contributed by atoms with E-state index >= 15 is 0 Å². The molecule has 8 nitrogen and oxygen atoms in total. The molecular weight excluding hydrogens is 316 g/mol. The first-order valence-corrected chi connectivity index (χ1v) is 6.82. The molecule has 0 unspecified atom stereocenters. The van der Waals surface area contributed by atoms with Gasteiger partial charge < -0.3 is 15.2 Å². The molecule has 1 amide bonds. The summed E-state index contributed by atoms with van der Waals surface area (Å²) in [5, 5.41) is 22.7. The molecule has 0 aliphatic heterocycles. The van der Waals surface area contributed by atoms with Gasteiger partial charge in [0.05, 0.1) is 23.3 Å². The molecule has 0 bridgehead atoms. The van der Waals surface area contributed by atoms with Gasteiger partial charge in [-0.1, -0.05) is 12.1 Å². The smallest absolute Gasteiger partial charge is 0.343 e. The number of hydrogen-bond donors (Lipinski definition) is 2. The Kier molecular flexibility index (Phi) is 4.78. The van der Waals surface area contributed by atoms with Gasteiger partial charge in [-0.25, -0.2) is 4.79 Å². The Bertz CT molecular complexity index is 831. The van der Waals surface area contributed by atoms with Crippen LogP contribution in [0, 0.1) is 17.0 Å². The standard InChI is InChI=1S/C16H14N2O6/c1-9-6-7-11(13(8-9)24-2)17-15(19)10-4-3-5-12(18(22)23)14(10)16(20)21/h3-8H,1-2H3,(H,17,19)(H,20,21). The van der Waals surface area contributed by atoms with Crippen LogP contribution in [0.1, 0.15) is 26.3 Å². The molecule has 8 heteroatoms. The lowest BCUT2D eigenvalue weighted by Crippen LogP contribution is -2.18. The normalized spacial score (nSPS) is 10.1. The third-order valence-corrected chi connectivity index (χ3v) is 3.30. The van der Waals surface area contributed by atoms with Crippen LogP contribution in [0.15, 0.2) is 36.4 Å². The van der Waals surface area contributed by atoms with E-state index in [0.29, 0.717) is 11.4 Å². The van der Waals surface area contributed by atoms with Crippen LogP contribution < -0.4 is 10.1 Å². The molecule has 2 aromatic rings. The summed E-state index contributed by atoms with van der Waals surface area (Å²) >= 11 is 0. The maximum atomic E-state index is 12.4. The van der Waals surface area contributed by atoms with Crippen LogP contribution in [0.3, 0.4) is 0 Å². The Morgan fingerprint density at radius 1 is 1.25 bits per heavy atom. The van der Waals surface area contributed by atoms with E-state index < -0.39 is 28.1 Å². The molecular formula is C16H14N2O6. The van der Waals surface area contributed by atoms with Gasteiger partial charge in [0.1, 0.15) is 11.3 Å². The molecule has 2 N–H and O–H groups in total. The highest BCUT2D eigenvalue weighted by Crippen LogP contribution is 2.28. The average Bonchev–Trinajstić information content (AvgIpc) is 2.55. The van der Waals surface area contributed by atoms with E-state index in [9.17, 15) is 24.8 Å². The maximum Gasteiger partial charge on any atom is 0.343 e. The second kappa shape index (κ2) is 6.78. The zero-order valence-electron chi connectivity index (χ0n) is 12.9. The highest BCUT2D eigenvalue weighted by molar-refractivity contribution is 6.12. The number of nitro benzene ring substituents is 1. The first-order chi connectivity index (χ1) is 11.3. The predicted octanol–water partition coefficient (Wildman–Crippen LogP) is 2.86. The Hall–Kier alpha value is -3.42. The van der Waals surface area contributed by atoms with E-state index in [1.165, 1.54) is 19.2 Å². The molecule has 2 aromatic carbocycles. The lowest BCUT2D eigenvalue weighted by molar-refractivity contribution is -0.385. The number of methoxy groups -OCH3 is 1. The van der Waals surface area contributed by atoms with Crippen LogP contribution in [0.2, 0.25) is 0 Å². The van der Waals surface area contributed by atoms with E-state index in [-0.39, 0.29) is 5.56 Å². The van der Waals surface area contributed by atoms with Gasteiger partial charge in [-0.15, -0.1) is 0 Å². The molecule has 124 valence electrons. The fraction of sp³-hybridized carbons (Fsp3) is 0.125. The van der Waals surface area contributed by atoms with Gasteiger partial charge >= 0.3 is 5.97 Å². The molecule has 0 atom stereocenters. The number of anilines is 1. The molecule has 0 saturated carbocycles. The number of aryl methyl sites for hydroxylation is 1. The quantitative estimate of drug-likeness (QED) is 0.642. The minimum atomic E-state index is -1.55. The van der Waals surface area contributed by atoms with Gasteiger partial charge in [0.2, 0.25) is 0 Å². The first kappa shape index (κ1) is 16.9. The summed E-state index contributed by atoms with van der Waals surface area (Å²) in [4.78, 5) is 33.9. The molecule has 0 saturated heterocycles. The zero-order chi connectivity index (χ0) is 17.9. The van der Waals surface area contributed by atoms with Crippen molar-refractivity contribution in [2.24, 2.45) is 0 Å². The van der Waals surface area contributed by atoms with E-state index in [4.69, 9.17) is 4.74 Å². The van der Waals surface area contributed by atoms with Crippen LogP contribution in [-0.2, 0) is 0 Å². The first-order valence-electron chi connectivity index (χ1n) is 6.82. The Labute approximate surface area is 136 Å². The second-order valence-corrected chi connectivity index (χ2v) is 4.92. The summed E-state index contributed by atoms with van der Waals surface area (Å²) in [5.74, 6) is -1.94.